The van der Waals surface area contributed by atoms with Gasteiger partial charge in [0.05, 0.1) is 11.0 Å². The number of piperidine rings is 1. The number of anilines is 3. The molecule has 5 heteroatoms. The molecule has 0 radical (unpaired) electrons. The van der Waals surface area contributed by atoms with Crippen LogP contribution in [0.1, 0.15) is 30.9 Å². The fourth-order valence-electron chi connectivity index (χ4n) is 4.27. The molecule has 1 aliphatic heterocycles. The first-order valence-electron chi connectivity index (χ1n) is 10.1. The van der Waals surface area contributed by atoms with Gasteiger partial charge in [-0.05, 0) is 74.1 Å². The Labute approximate surface area is 166 Å². The normalized spacial score (nSPS) is 15.4. The molecule has 28 heavy (non-hydrogen) atoms. The Morgan fingerprint density at radius 1 is 0.929 bits per heavy atom. The molecule has 1 aliphatic rings. The summed E-state index contributed by atoms with van der Waals surface area (Å²) in [4.78, 5) is 14.7. The highest BCUT2D eigenvalue weighted by Gasteiger charge is 2.19. The van der Waals surface area contributed by atoms with Crippen LogP contribution in [0.25, 0.3) is 11.0 Å². The molecule has 3 aromatic rings. The maximum atomic E-state index is 12.2. The van der Waals surface area contributed by atoms with Crippen LogP contribution in [-0.4, -0.2) is 22.2 Å². The Kier molecular flexibility index (Phi) is 4.69. The molecule has 0 aliphatic carbocycles. The monoisotopic (exact) mass is 378 g/mol. The predicted molar refractivity (Wildman–Crippen MR) is 118 cm³/mol. The van der Waals surface area contributed by atoms with Gasteiger partial charge >= 0.3 is 5.69 Å². The maximum Gasteiger partial charge on any atom is 0.328 e. The summed E-state index contributed by atoms with van der Waals surface area (Å²) in [5, 5.41) is 3.56. The third-order valence-electron chi connectivity index (χ3n) is 6.43. The first-order chi connectivity index (χ1) is 13.4. The second-order valence-corrected chi connectivity index (χ2v) is 8.28. The van der Waals surface area contributed by atoms with E-state index in [9.17, 15) is 4.79 Å². The number of fused-ring (bicyclic) bond motifs is 1. The highest BCUT2D eigenvalue weighted by molar-refractivity contribution is 5.82. The Balaban J connectivity index is 1.63. The summed E-state index contributed by atoms with van der Waals surface area (Å²) in [5.41, 5.74) is 7.97. The summed E-state index contributed by atoms with van der Waals surface area (Å²) in [6.07, 6.45) is 2.54. The number of imidazole rings is 1. The summed E-state index contributed by atoms with van der Waals surface area (Å²) in [5.74, 6) is 0.836. The molecule has 0 atom stereocenters. The number of aromatic nitrogens is 2. The molecular formula is C23H30N4O. The number of nitrogens with zero attached hydrogens (tertiary/aromatic N) is 3. The smallest absolute Gasteiger partial charge is 0.328 e. The SMILES string of the molecule is Cc1c(Nc2ccc3c(c2)n(C)c(=O)n3C)ccc(N2CCC(C)CC2)c1C. The van der Waals surface area contributed by atoms with E-state index < -0.39 is 0 Å². The maximum absolute atomic E-state index is 12.2. The number of aryl methyl sites for hydroxylation is 2. The van der Waals surface area contributed by atoms with Crippen molar-refractivity contribution < 1.29 is 0 Å². The average Bonchev–Trinajstić information content (AvgIpc) is 2.90. The van der Waals surface area contributed by atoms with Crippen molar-refractivity contribution in [2.45, 2.75) is 33.6 Å². The molecule has 0 unspecified atom stereocenters. The number of hydrogen-bond donors (Lipinski definition) is 1. The van der Waals surface area contributed by atoms with Crippen LogP contribution in [0.15, 0.2) is 35.1 Å². The van der Waals surface area contributed by atoms with E-state index >= 15 is 0 Å². The van der Waals surface area contributed by atoms with Gasteiger partial charge in [-0.2, -0.15) is 0 Å². The van der Waals surface area contributed by atoms with Crippen LogP contribution < -0.4 is 15.9 Å². The first kappa shape index (κ1) is 18.7. The summed E-state index contributed by atoms with van der Waals surface area (Å²) in [6, 6.07) is 10.5. The van der Waals surface area contributed by atoms with Crippen molar-refractivity contribution in [1.29, 1.82) is 0 Å². The van der Waals surface area contributed by atoms with E-state index in [-0.39, 0.29) is 5.69 Å². The number of benzene rings is 2. The van der Waals surface area contributed by atoms with Crippen molar-refractivity contribution in [1.82, 2.24) is 9.13 Å². The van der Waals surface area contributed by atoms with Gasteiger partial charge in [0.2, 0.25) is 0 Å². The van der Waals surface area contributed by atoms with E-state index in [0.29, 0.717) is 0 Å². The summed E-state index contributed by atoms with van der Waals surface area (Å²) in [6.45, 7) is 9.05. The lowest BCUT2D eigenvalue weighted by Crippen LogP contribution is -2.33. The van der Waals surface area contributed by atoms with Crippen LogP contribution in [0.4, 0.5) is 17.1 Å². The molecule has 1 saturated heterocycles. The lowest BCUT2D eigenvalue weighted by Gasteiger charge is -2.34. The Morgan fingerprint density at radius 2 is 1.61 bits per heavy atom. The second-order valence-electron chi connectivity index (χ2n) is 8.28. The van der Waals surface area contributed by atoms with Crippen LogP contribution in [0.2, 0.25) is 0 Å². The third-order valence-corrected chi connectivity index (χ3v) is 6.43. The summed E-state index contributed by atoms with van der Waals surface area (Å²) >= 11 is 0. The van der Waals surface area contributed by atoms with Gasteiger partial charge in [0, 0.05) is 44.2 Å². The minimum atomic E-state index is -0.000576. The predicted octanol–water partition coefficient (Wildman–Crippen LogP) is 4.47. The Bertz CT molecular complexity index is 1080. The van der Waals surface area contributed by atoms with Gasteiger partial charge in [0.15, 0.2) is 0 Å². The lowest BCUT2D eigenvalue weighted by atomic mass is 9.97. The first-order valence-corrected chi connectivity index (χ1v) is 10.1. The number of rotatable bonds is 3. The molecule has 2 heterocycles. The molecule has 5 nitrogen and oxygen atoms in total. The van der Waals surface area contributed by atoms with Crippen LogP contribution in [-0.2, 0) is 14.1 Å². The van der Waals surface area contributed by atoms with Gasteiger partial charge in [-0.15, -0.1) is 0 Å². The summed E-state index contributed by atoms with van der Waals surface area (Å²) in [7, 11) is 3.63. The second kappa shape index (κ2) is 7.04. The molecule has 0 amide bonds. The molecular weight excluding hydrogens is 348 g/mol. The van der Waals surface area contributed by atoms with Gasteiger partial charge in [-0.1, -0.05) is 6.92 Å². The van der Waals surface area contributed by atoms with Crippen molar-refractivity contribution >= 4 is 28.1 Å². The quantitative estimate of drug-likeness (QED) is 0.731. The molecule has 1 aromatic heterocycles. The van der Waals surface area contributed by atoms with Gasteiger partial charge in [-0.3, -0.25) is 9.13 Å². The zero-order chi connectivity index (χ0) is 20.0. The fourth-order valence-corrected chi connectivity index (χ4v) is 4.27. The van der Waals surface area contributed by atoms with Crippen LogP contribution in [0.3, 0.4) is 0 Å². The van der Waals surface area contributed by atoms with Crippen LogP contribution >= 0.6 is 0 Å². The minimum Gasteiger partial charge on any atom is -0.371 e. The fraction of sp³-hybridized carbons (Fsp3) is 0.435. The zero-order valence-electron chi connectivity index (χ0n) is 17.5. The van der Waals surface area contributed by atoms with E-state index in [1.807, 2.05) is 32.3 Å². The van der Waals surface area contributed by atoms with E-state index in [2.05, 4.69) is 43.1 Å². The van der Waals surface area contributed by atoms with E-state index in [4.69, 9.17) is 0 Å². The van der Waals surface area contributed by atoms with Crippen LogP contribution in [0.5, 0.6) is 0 Å². The van der Waals surface area contributed by atoms with Crippen molar-refractivity contribution in [3.63, 3.8) is 0 Å². The lowest BCUT2D eigenvalue weighted by molar-refractivity contribution is 0.438. The average molecular weight is 379 g/mol. The standard InChI is InChI=1S/C23H30N4O/c1-15-10-12-27(13-11-15)20-9-7-19(16(2)17(20)3)24-18-6-8-21-22(14-18)26(5)23(28)25(21)4/h6-9,14-15,24H,10-13H2,1-5H3. The van der Waals surface area contributed by atoms with E-state index in [1.165, 1.54) is 29.7 Å². The molecule has 1 fully saturated rings. The van der Waals surface area contributed by atoms with Crippen molar-refractivity contribution in [2.24, 2.45) is 20.0 Å². The highest BCUT2D eigenvalue weighted by Crippen LogP contribution is 2.33. The molecule has 0 bridgehead atoms. The molecule has 2 aromatic carbocycles. The number of nitrogens with one attached hydrogen (secondary N) is 1. The third kappa shape index (κ3) is 3.09. The largest absolute Gasteiger partial charge is 0.371 e. The molecule has 0 spiro atoms. The summed E-state index contributed by atoms with van der Waals surface area (Å²) < 4.78 is 3.38. The Hall–Kier alpha value is -2.69. The van der Waals surface area contributed by atoms with E-state index in [0.717, 1.165) is 41.4 Å². The van der Waals surface area contributed by atoms with E-state index in [1.54, 1.807) is 9.13 Å². The zero-order valence-corrected chi connectivity index (χ0v) is 17.5. The Morgan fingerprint density at radius 3 is 2.32 bits per heavy atom. The topological polar surface area (TPSA) is 42.2 Å². The van der Waals surface area contributed by atoms with Gasteiger partial charge in [0.25, 0.3) is 0 Å². The molecule has 4 rings (SSSR count). The van der Waals surface area contributed by atoms with Gasteiger partial charge in [0.1, 0.15) is 0 Å². The van der Waals surface area contributed by atoms with Crippen molar-refractivity contribution in [2.75, 3.05) is 23.3 Å². The van der Waals surface area contributed by atoms with Crippen molar-refractivity contribution in [3.8, 4) is 0 Å². The minimum absolute atomic E-state index is 0.000576. The van der Waals surface area contributed by atoms with Gasteiger partial charge in [-0.25, -0.2) is 4.79 Å². The van der Waals surface area contributed by atoms with Crippen LogP contribution in [0, 0.1) is 19.8 Å². The van der Waals surface area contributed by atoms with Gasteiger partial charge < -0.3 is 10.2 Å². The number of hydrogen-bond acceptors (Lipinski definition) is 3. The van der Waals surface area contributed by atoms with Crippen molar-refractivity contribution in [3.05, 3.63) is 51.9 Å². The highest BCUT2D eigenvalue weighted by atomic mass is 16.1. The molecule has 1 N–H and O–H groups in total. The molecule has 0 saturated carbocycles. The molecule has 148 valence electrons.